The summed E-state index contributed by atoms with van der Waals surface area (Å²) >= 11 is 0. The van der Waals surface area contributed by atoms with Crippen LogP contribution in [-0.4, -0.2) is 5.11 Å². The summed E-state index contributed by atoms with van der Waals surface area (Å²) in [4.78, 5) is 0. The standard InChI is InChI=1S/C20H25NO/c1-15(21-13-19-8-4-5-9-20(19)14-22)17-11-10-16-6-2-3-7-18(16)12-17/h4-5,8-12,15,21-22H,2-3,6-7,13-14H2,1H3. The molecule has 0 spiro atoms. The largest absolute Gasteiger partial charge is 0.392 e. The minimum absolute atomic E-state index is 0.102. The van der Waals surface area contributed by atoms with Crippen LogP contribution in [0.25, 0.3) is 0 Å². The van der Waals surface area contributed by atoms with Crippen molar-refractivity contribution in [2.45, 2.75) is 51.8 Å². The second kappa shape index (κ2) is 7.08. The third kappa shape index (κ3) is 3.40. The monoisotopic (exact) mass is 295 g/mol. The quantitative estimate of drug-likeness (QED) is 0.876. The molecule has 2 aromatic carbocycles. The van der Waals surface area contributed by atoms with Crippen molar-refractivity contribution in [3.8, 4) is 0 Å². The number of hydrogen-bond donors (Lipinski definition) is 2. The van der Waals surface area contributed by atoms with Gasteiger partial charge in [0.1, 0.15) is 0 Å². The summed E-state index contributed by atoms with van der Waals surface area (Å²) in [5, 5.41) is 13.0. The molecular weight excluding hydrogens is 270 g/mol. The van der Waals surface area contributed by atoms with Crippen molar-refractivity contribution in [2.75, 3.05) is 0 Å². The molecule has 2 nitrogen and oxygen atoms in total. The fraction of sp³-hybridized carbons (Fsp3) is 0.400. The molecule has 0 radical (unpaired) electrons. The molecule has 2 N–H and O–H groups in total. The third-order valence-electron chi connectivity index (χ3n) is 4.76. The molecule has 116 valence electrons. The average Bonchev–Trinajstić information content (AvgIpc) is 2.59. The highest BCUT2D eigenvalue weighted by molar-refractivity contribution is 5.35. The van der Waals surface area contributed by atoms with Crippen molar-refractivity contribution in [1.29, 1.82) is 0 Å². The lowest BCUT2D eigenvalue weighted by Crippen LogP contribution is -2.19. The minimum atomic E-state index is 0.102. The Morgan fingerprint density at radius 1 is 1.00 bits per heavy atom. The summed E-state index contributed by atoms with van der Waals surface area (Å²) < 4.78 is 0. The van der Waals surface area contributed by atoms with Gasteiger partial charge in [0.05, 0.1) is 6.61 Å². The zero-order chi connectivity index (χ0) is 15.4. The molecule has 0 aliphatic heterocycles. The Hall–Kier alpha value is -1.64. The smallest absolute Gasteiger partial charge is 0.0685 e. The van der Waals surface area contributed by atoms with Crippen LogP contribution < -0.4 is 5.32 Å². The maximum absolute atomic E-state index is 9.41. The Kier molecular flexibility index (Phi) is 4.91. The van der Waals surface area contributed by atoms with E-state index >= 15 is 0 Å². The van der Waals surface area contributed by atoms with Gasteiger partial charge >= 0.3 is 0 Å². The van der Waals surface area contributed by atoms with Gasteiger partial charge in [0.25, 0.3) is 0 Å². The second-order valence-electron chi connectivity index (χ2n) is 6.26. The predicted molar refractivity (Wildman–Crippen MR) is 90.7 cm³/mol. The van der Waals surface area contributed by atoms with Crippen LogP contribution >= 0.6 is 0 Å². The van der Waals surface area contributed by atoms with Gasteiger partial charge in [-0.15, -0.1) is 0 Å². The minimum Gasteiger partial charge on any atom is -0.392 e. The zero-order valence-corrected chi connectivity index (χ0v) is 13.3. The van der Waals surface area contributed by atoms with E-state index in [1.165, 1.54) is 47.9 Å². The highest BCUT2D eigenvalue weighted by Crippen LogP contribution is 2.25. The summed E-state index contributed by atoms with van der Waals surface area (Å²) in [6.45, 7) is 3.10. The second-order valence-corrected chi connectivity index (χ2v) is 6.26. The van der Waals surface area contributed by atoms with E-state index in [0.29, 0.717) is 6.04 Å². The van der Waals surface area contributed by atoms with E-state index in [0.717, 1.165) is 12.1 Å². The highest BCUT2D eigenvalue weighted by atomic mass is 16.3. The maximum Gasteiger partial charge on any atom is 0.0685 e. The van der Waals surface area contributed by atoms with Gasteiger partial charge in [-0.3, -0.25) is 0 Å². The predicted octanol–water partition coefficient (Wildman–Crippen LogP) is 3.91. The van der Waals surface area contributed by atoms with Gasteiger partial charge in [0.2, 0.25) is 0 Å². The fourth-order valence-corrected chi connectivity index (χ4v) is 3.29. The van der Waals surface area contributed by atoms with E-state index in [2.05, 4.69) is 36.5 Å². The highest BCUT2D eigenvalue weighted by Gasteiger charge is 2.12. The van der Waals surface area contributed by atoms with Crippen LogP contribution in [0.2, 0.25) is 0 Å². The van der Waals surface area contributed by atoms with E-state index in [1.54, 1.807) is 0 Å². The van der Waals surface area contributed by atoms with E-state index in [4.69, 9.17) is 0 Å². The number of aryl methyl sites for hydroxylation is 2. The van der Waals surface area contributed by atoms with E-state index in [-0.39, 0.29) is 6.61 Å². The third-order valence-corrected chi connectivity index (χ3v) is 4.76. The van der Waals surface area contributed by atoms with E-state index < -0.39 is 0 Å². The van der Waals surface area contributed by atoms with Crippen LogP contribution in [0.3, 0.4) is 0 Å². The molecule has 2 heteroatoms. The average molecular weight is 295 g/mol. The summed E-state index contributed by atoms with van der Waals surface area (Å²) in [5.41, 5.74) is 6.62. The molecule has 1 aliphatic carbocycles. The number of benzene rings is 2. The Morgan fingerprint density at radius 2 is 1.73 bits per heavy atom. The first-order valence-corrected chi connectivity index (χ1v) is 8.30. The molecule has 0 saturated carbocycles. The molecule has 1 aliphatic rings. The number of aliphatic hydroxyl groups is 1. The van der Waals surface area contributed by atoms with Crippen LogP contribution in [0.5, 0.6) is 0 Å². The topological polar surface area (TPSA) is 32.3 Å². The van der Waals surface area contributed by atoms with Gasteiger partial charge in [-0.2, -0.15) is 0 Å². The fourth-order valence-electron chi connectivity index (χ4n) is 3.29. The Labute approximate surface area is 133 Å². The first-order valence-electron chi connectivity index (χ1n) is 8.30. The van der Waals surface area contributed by atoms with Crippen LogP contribution in [0.1, 0.15) is 53.6 Å². The molecular formula is C20H25NO. The molecule has 22 heavy (non-hydrogen) atoms. The number of rotatable bonds is 5. The van der Waals surface area contributed by atoms with Gasteiger partial charge in [0, 0.05) is 12.6 Å². The molecule has 0 amide bonds. The van der Waals surface area contributed by atoms with Crippen LogP contribution in [-0.2, 0) is 26.0 Å². The lowest BCUT2D eigenvalue weighted by molar-refractivity contribution is 0.280. The summed E-state index contributed by atoms with van der Waals surface area (Å²) in [6.07, 6.45) is 5.12. The van der Waals surface area contributed by atoms with Crippen LogP contribution in [0.4, 0.5) is 0 Å². The number of nitrogens with one attached hydrogen (secondary N) is 1. The number of aliphatic hydroxyl groups excluding tert-OH is 1. The van der Waals surface area contributed by atoms with E-state index in [1.807, 2.05) is 18.2 Å². The summed E-state index contributed by atoms with van der Waals surface area (Å²) in [6, 6.07) is 15.3. The summed E-state index contributed by atoms with van der Waals surface area (Å²) in [7, 11) is 0. The van der Waals surface area contributed by atoms with Crippen molar-refractivity contribution < 1.29 is 5.11 Å². The van der Waals surface area contributed by atoms with Crippen molar-refractivity contribution in [3.05, 3.63) is 70.3 Å². The lowest BCUT2D eigenvalue weighted by Gasteiger charge is -2.20. The number of fused-ring (bicyclic) bond motifs is 1. The van der Waals surface area contributed by atoms with Crippen molar-refractivity contribution in [2.24, 2.45) is 0 Å². The Bertz CT molecular complexity index is 635. The normalized spacial score (nSPS) is 15.4. The van der Waals surface area contributed by atoms with Crippen LogP contribution in [0, 0.1) is 0 Å². The molecule has 0 fully saturated rings. The number of hydrogen-bond acceptors (Lipinski definition) is 2. The molecule has 0 saturated heterocycles. The molecule has 0 heterocycles. The SMILES string of the molecule is CC(NCc1ccccc1CO)c1ccc2c(c1)CCCC2. The van der Waals surface area contributed by atoms with Crippen molar-refractivity contribution in [3.63, 3.8) is 0 Å². The molecule has 2 aromatic rings. The van der Waals surface area contributed by atoms with Crippen LogP contribution in [0.15, 0.2) is 42.5 Å². The van der Waals surface area contributed by atoms with Crippen molar-refractivity contribution >= 4 is 0 Å². The van der Waals surface area contributed by atoms with Gasteiger partial charge in [0.15, 0.2) is 0 Å². The van der Waals surface area contributed by atoms with Gasteiger partial charge in [-0.25, -0.2) is 0 Å². The molecule has 0 aromatic heterocycles. The van der Waals surface area contributed by atoms with Crippen molar-refractivity contribution in [1.82, 2.24) is 5.32 Å². The van der Waals surface area contributed by atoms with Gasteiger partial charge in [-0.05, 0) is 60.4 Å². The summed E-state index contributed by atoms with van der Waals surface area (Å²) in [5.74, 6) is 0. The molecule has 1 unspecified atom stereocenters. The Balaban J connectivity index is 1.68. The van der Waals surface area contributed by atoms with E-state index in [9.17, 15) is 5.11 Å². The Morgan fingerprint density at radius 3 is 2.50 bits per heavy atom. The zero-order valence-electron chi connectivity index (χ0n) is 13.3. The lowest BCUT2D eigenvalue weighted by atomic mass is 9.89. The first-order chi connectivity index (χ1) is 10.8. The molecule has 1 atom stereocenters. The van der Waals surface area contributed by atoms with Gasteiger partial charge < -0.3 is 10.4 Å². The molecule has 0 bridgehead atoms. The van der Waals surface area contributed by atoms with Gasteiger partial charge in [-0.1, -0.05) is 42.5 Å². The first kappa shape index (κ1) is 15.3. The maximum atomic E-state index is 9.41. The molecule has 3 rings (SSSR count).